The third kappa shape index (κ3) is 3.21. The van der Waals surface area contributed by atoms with Crippen molar-refractivity contribution in [2.24, 2.45) is 5.92 Å². The number of imidazole rings is 1. The van der Waals surface area contributed by atoms with Crippen molar-refractivity contribution in [3.63, 3.8) is 0 Å². The van der Waals surface area contributed by atoms with Crippen LogP contribution in [0, 0.1) is 5.92 Å². The molecule has 0 radical (unpaired) electrons. The second-order valence-electron chi connectivity index (χ2n) is 8.30. The van der Waals surface area contributed by atoms with Gasteiger partial charge in [0.1, 0.15) is 0 Å². The Bertz CT molecular complexity index is 915. The van der Waals surface area contributed by atoms with E-state index in [0.29, 0.717) is 24.0 Å². The lowest BCUT2D eigenvalue weighted by molar-refractivity contribution is 0.0933. The van der Waals surface area contributed by atoms with Crippen LogP contribution in [0.1, 0.15) is 66.0 Å². The van der Waals surface area contributed by atoms with Gasteiger partial charge in [0.15, 0.2) is 11.5 Å². The molecule has 0 fully saturated rings. The summed E-state index contributed by atoms with van der Waals surface area (Å²) in [5.41, 5.74) is 3.50. The van der Waals surface area contributed by atoms with E-state index in [9.17, 15) is 9.59 Å². The van der Waals surface area contributed by atoms with Gasteiger partial charge < -0.3 is 14.8 Å². The first-order chi connectivity index (χ1) is 13.5. The van der Waals surface area contributed by atoms with Crippen LogP contribution in [0.25, 0.3) is 0 Å². The molecule has 1 unspecified atom stereocenters. The van der Waals surface area contributed by atoms with Gasteiger partial charge in [0.05, 0.1) is 5.69 Å². The fraction of sp³-hybridized carbons (Fsp3) is 0.500. The predicted molar refractivity (Wildman–Crippen MR) is 109 cm³/mol. The summed E-state index contributed by atoms with van der Waals surface area (Å²) >= 11 is 0. The molecule has 4 rings (SSSR count). The number of carbonyl (C=O) groups is 2. The molecule has 1 aromatic heterocycles. The van der Waals surface area contributed by atoms with Gasteiger partial charge in [-0.05, 0) is 50.2 Å². The standard InChI is InChI=1S/C22H28N4O2/c1-14(2)13-23-21(27)20-24-19(18-10-6-7-11-25(18)20)22(28)26-15(3)12-16-8-4-5-9-17(16)26/h4-5,8-9,14-15H,6-7,10-13H2,1-3H3,(H,23,27). The van der Waals surface area contributed by atoms with E-state index in [1.54, 1.807) is 0 Å². The van der Waals surface area contributed by atoms with Crippen LogP contribution in [0.15, 0.2) is 24.3 Å². The molecule has 3 heterocycles. The molecule has 1 N–H and O–H groups in total. The highest BCUT2D eigenvalue weighted by Crippen LogP contribution is 2.34. The summed E-state index contributed by atoms with van der Waals surface area (Å²) < 4.78 is 1.96. The molecule has 1 atom stereocenters. The molecule has 0 bridgehead atoms. The summed E-state index contributed by atoms with van der Waals surface area (Å²) in [5, 5.41) is 2.95. The largest absolute Gasteiger partial charge is 0.349 e. The summed E-state index contributed by atoms with van der Waals surface area (Å²) in [6, 6.07) is 8.13. The Kier molecular flexibility index (Phi) is 4.96. The van der Waals surface area contributed by atoms with Crippen molar-refractivity contribution in [3.05, 3.63) is 47.0 Å². The van der Waals surface area contributed by atoms with E-state index >= 15 is 0 Å². The number of carbonyl (C=O) groups excluding carboxylic acids is 2. The number of benzene rings is 1. The minimum Gasteiger partial charge on any atom is -0.349 e. The van der Waals surface area contributed by atoms with E-state index in [1.165, 1.54) is 5.56 Å². The van der Waals surface area contributed by atoms with Gasteiger partial charge in [-0.1, -0.05) is 32.0 Å². The van der Waals surface area contributed by atoms with Crippen LogP contribution < -0.4 is 10.2 Å². The van der Waals surface area contributed by atoms with E-state index in [-0.39, 0.29) is 17.9 Å². The molecule has 6 heteroatoms. The average Bonchev–Trinajstić information content (AvgIpc) is 3.23. The van der Waals surface area contributed by atoms with E-state index in [0.717, 1.165) is 43.6 Å². The SMILES string of the molecule is CC(C)CNC(=O)c1nc(C(=O)N2c3ccccc3CC2C)c2n1CCCC2. The number of para-hydroxylation sites is 1. The van der Waals surface area contributed by atoms with Crippen molar-refractivity contribution in [3.8, 4) is 0 Å². The number of amides is 2. The minimum absolute atomic E-state index is 0.0871. The first-order valence-electron chi connectivity index (χ1n) is 10.3. The Labute approximate surface area is 165 Å². The second-order valence-corrected chi connectivity index (χ2v) is 8.30. The fourth-order valence-electron chi connectivity index (χ4n) is 4.25. The van der Waals surface area contributed by atoms with E-state index in [4.69, 9.17) is 0 Å². The molecule has 2 aliphatic rings. The number of hydrogen-bond acceptors (Lipinski definition) is 3. The normalized spacial score (nSPS) is 18.1. The highest BCUT2D eigenvalue weighted by atomic mass is 16.2. The first-order valence-corrected chi connectivity index (χ1v) is 10.3. The maximum atomic E-state index is 13.5. The molecule has 1 aromatic carbocycles. The van der Waals surface area contributed by atoms with Gasteiger partial charge in [0.2, 0.25) is 0 Å². The van der Waals surface area contributed by atoms with Gasteiger partial charge in [0.25, 0.3) is 11.8 Å². The zero-order valence-electron chi connectivity index (χ0n) is 16.9. The van der Waals surface area contributed by atoms with Crippen molar-refractivity contribution in [1.82, 2.24) is 14.9 Å². The van der Waals surface area contributed by atoms with E-state index in [1.807, 2.05) is 27.7 Å². The van der Waals surface area contributed by atoms with Crippen LogP contribution in [-0.2, 0) is 19.4 Å². The number of rotatable bonds is 4. The molecule has 2 aliphatic heterocycles. The van der Waals surface area contributed by atoms with Crippen molar-refractivity contribution in [1.29, 1.82) is 0 Å². The van der Waals surface area contributed by atoms with Crippen molar-refractivity contribution < 1.29 is 9.59 Å². The summed E-state index contributed by atoms with van der Waals surface area (Å²) in [6.45, 7) is 7.52. The van der Waals surface area contributed by atoms with E-state index < -0.39 is 0 Å². The third-order valence-corrected chi connectivity index (χ3v) is 5.62. The van der Waals surface area contributed by atoms with Crippen molar-refractivity contribution in [2.75, 3.05) is 11.4 Å². The van der Waals surface area contributed by atoms with Crippen LogP contribution in [0.3, 0.4) is 0 Å². The molecule has 0 spiro atoms. The van der Waals surface area contributed by atoms with E-state index in [2.05, 4.69) is 37.1 Å². The number of nitrogens with one attached hydrogen (secondary N) is 1. The molecular formula is C22H28N4O2. The maximum Gasteiger partial charge on any atom is 0.287 e. The van der Waals surface area contributed by atoms with Crippen LogP contribution in [-0.4, -0.2) is 34.0 Å². The monoisotopic (exact) mass is 380 g/mol. The van der Waals surface area contributed by atoms with Gasteiger partial charge >= 0.3 is 0 Å². The molecular weight excluding hydrogens is 352 g/mol. The lowest BCUT2D eigenvalue weighted by Gasteiger charge is -2.23. The molecule has 6 nitrogen and oxygen atoms in total. The first kappa shape index (κ1) is 18.7. The third-order valence-electron chi connectivity index (χ3n) is 5.62. The Morgan fingerprint density at radius 2 is 2.04 bits per heavy atom. The highest BCUT2D eigenvalue weighted by Gasteiger charge is 2.36. The lowest BCUT2D eigenvalue weighted by Crippen LogP contribution is -2.36. The molecule has 0 aliphatic carbocycles. The molecule has 28 heavy (non-hydrogen) atoms. The summed E-state index contributed by atoms with van der Waals surface area (Å²) in [6.07, 6.45) is 3.66. The molecule has 148 valence electrons. The quantitative estimate of drug-likeness (QED) is 0.886. The maximum absolute atomic E-state index is 13.5. The van der Waals surface area contributed by atoms with Crippen LogP contribution in [0.4, 0.5) is 5.69 Å². The average molecular weight is 380 g/mol. The second kappa shape index (κ2) is 7.41. The Balaban J connectivity index is 1.70. The lowest BCUT2D eigenvalue weighted by atomic mass is 10.1. The van der Waals surface area contributed by atoms with Crippen LogP contribution >= 0.6 is 0 Å². The molecule has 0 saturated heterocycles. The topological polar surface area (TPSA) is 67.2 Å². The number of fused-ring (bicyclic) bond motifs is 2. The summed E-state index contributed by atoms with van der Waals surface area (Å²) in [5.74, 6) is 0.457. The van der Waals surface area contributed by atoms with Crippen LogP contribution in [0.2, 0.25) is 0 Å². The van der Waals surface area contributed by atoms with Crippen LogP contribution in [0.5, 0.6) is 0 Å². The Hall–Kier alpha value is -2.63. The van der Waals surface area contributed by atoms with Gasteiger partial charge in [-0.15, -0.1) is 0 Å². The van der Waals surface area contributed by atoms with Crippen molar-refractivity contribution in [2.45, 2.75) is 59.0 Å². The Morgan fingerprint density at radius 1 is 1.25 bits per heavy atom. The number of anilines is 1. The summed E-state index contributed by atoms with van der Waals surface area (Å²) in [7, 11) is 0. The summed E-state index contributed by atoms with van der Waals surface area (Å²) in [4.78, 5) is 32.7. The Morgan fingerprint density at radius 3 is 2.82 bits per heavy atom. The van der Waals surface area contributed by atoms with Gasteiger partial charge in [-0.3, -0.25) is 9.59 Å². The zero-order valence-corrected chi connectivity index (χ0v) is 16.9. The molecule has 2 amide bonds. The van der Waals surface area contributed by atoms with Gasteiger partial charge in [-0.2, -0.15) is 0 Å². The number of aromatic nitrogens is 2. The zero-order chi connectivity index (χ0) is 19.8. The number of nitrogens with zero attached hydrogens (tertiary/aromatic N) is 3. The van der Waals surface area contributed by atoms with Gasteiger partial charge in [0, 0.05) is 24.8 Å². The smallest absolute Gasteiger partial charge is 0.287 e. The predicted octanol–water partition coefficient (Wildman–Crippen LogP) is 3.20. The molecule has 0 saturated carbocycles. The highest BCUT2D eigenvalue weighted by molar-refractivity contribution is 6.08. The van der Waals surface area contributed by atoms with Gasteiger partial charge in [-0.25, -0.2) is 4.98 Å². The minimum atomic E-state index is -0.189. The number of hydrogen-bond donors (Lipinski definition) is 1. The molecule has 2 aromatic rings. The fourth-order valence-corrected chi connectivity index (χ4v) is 4.25. The van der Waals surface area contributed by atoms with Crippen molar-refractivity contribution >= 4 is 17.5 Å².